The Hall–Kier alpha value is -4.07. The highest BCUT2D eigenvalue weighted by Crippen LogP contribution is 2.46. The molecule has 0 bridgehead atoms. The van der Waals surface area contributed by atoms with E-state index < -0.39 is 5.41 Å². The van der Waals surface area contributed by atoms with Crippen LogP contribution in [0, 0.1) is 11.3 Å². The molecule has 3 aliphatic rings. The second kappa shape index (κ2) is 9.42. The summed E-state index contributed by atoms with van der Waals surface area (Å²) in [6.45, 7) is 0.770. The lowest BCUT2D eigenvalue weighted by Gasteiger charge is -2.27. The van der Waals surface area contributed by atoms with Gasteiger partial charge in [0.1, 0.15) is 17.3 Å². The molecule has 2 aromatic heterocycles. The van der Waals surface area contributed by atoms with Gasteiger partial charge in [0.05, 0.1) is 12.0 Å². The third-order valence-electron chi connectivity index (χ3n) is 7.98. The number of pyridine rings is 2. The summed E-state index contributed by atoms with van der Waals surface area (Å²) >= 11 is 0. The zero-order chi connectivity index (χ0) is 25.4. The number of aromatic nitrogens is 2. The Bertz CT molecular complexity index is 1370. The van der Waals surface area contributed by atoms with Gasteiger partial charge in [-0.15, -0.1) is 0 Å². The number of carbonyl (C=O) groups excluding carboxylic acids is 2. The van der Waals surface area contributed by atoms with Gasteiger partial charge in [0.2, 0.25) is 11.8 Å². The first kappa shape index (κ1) is 23.3. The van der Waals surface area contributed by atoms with Crippen LogP contribution in [0.4, 0.5) is 11.5 Å². The van der Waals surface area contributed by atoms with Crippen LogP contribution in [-0.4, -0.2) is 45.6 Å². The van der Waals surface area contributed by atoms with Crippen molar-refractivity contribution in [1.82, 2.24) is 14.9 Å². The van der Waals surface area contributed by atoms with Crippen LogP contribution >= 0.6 is 0 Å². The van der Waals surface area contributed by atoms with Crippen molar-refractivity contribution in [2.45, 2.75) is 43.9 Å². The van der Waals surface area contributed by atoms with E-state index in [2.05, 4.69) is 20.6 Å². The number of anilines is 2. The van der Waals surface area contributed by atoms with Crippen LogP contribution in [0.1, 0.15) is 48.1 Å². The molecular weight excluding hydrogens is 464 g/mol. The number of amidine groups is 1. The van der Waals surface area contributed by atoms with E-state index in [1.807, 2.05) is 53.4 Å². The lowest BCUT2D eigenvalue weighted by Crippen LogP contribution is -2.41. The Morgan fingerprint density at radius 3 is 2.68 bits per heavy atom. The average molecular weight is 495 g/mol. The smallest absolute Gasteiger partial charge is 0.243 e. The first-order valence-corrected chi connectivity index (χ1v) is 13.0. The molecule has 0 saturated heterocycles. The van der Waals surface area contributed by atoms with E-state index in [4.69, 9.17) is 5.41 Å². The van der Waals surface area contributed by atoms with Gasteiger partial charge in [-0.25, -0.2) is 4.98 Å². The summed E-state index contributed by atoms with van der Waals surface area (Å²) in [5.74, 6) is 1.23. The summed E-state index contributed by atoms with van der Waals surface area (Å²) in [6, 6.07) is 15.2. The molecule has 1 aromatic carbocycles. The third-order valence-corrected chi connectivity index (χ3v) is 7.98. The standard InChI is InChI=1S/C29H30N6O2/c30-26(24-9-3-4-12-31-24)35(17-19-6-1-2-7-19)18-25(36)33-22-11-10-20-15-29(16-21(20)14-22)23-8-5-13-32-27(23)34-28(29)37/h3-5,8-14,19,30H,1-2,6-7,15-18H2,(H,33,36)(H,32,34,37). The molecule has 188 valence electrons. The molecular formula is C29H30N6O2. The number of nitrogens with one attached hydrogen (secondary N) is 3. The van der Waals surface area contributed by atoms with Crippen LogP contribution in [-0.2, 0) is 27.8 Å². The molecule has 3 aromatic rings. The highest BCUT2D eigenvalue weighted by atomic mass is 16.2. The minimum Gasteiger partial charge on any atom is -0.346 e. The number of hydrogen-bond donors (Lipinski definition) is 3. The molecule has 2 amide bonds. The minimum atomic E-state index is -0.635. The maximum absolute atomic E-state index is 13.2. The molecule has 1 atom stereocenters. The predicted octanol–water partition coefficient (Wildman–Crippen LogP) is 3.92. The van der Waals surface area contributed by atoms with Crippen molar-refractivity contribution >= 4 is 29.2 Å². The summed E-state index contributed by atoms with van der Waals surface area (Å²) in [5.41, 5.74) is 3.76. The number of carbonyl (C=O) groups is 2. The van der Waals surface area contributed by atoms with E-state index in [0.717, 1.165) is 29.5 Å². The molecule has 8 nitrogen and oxygen atoms in total. The molecule has 1 spiro atoms. The van der Waals surface area contributed by atoms with Gasteiger partial charge >= 0.3 is 0 Å². The summed E-state index contributed by atoms with van der Waals surface area (Å²) in [6.07, 6.45) is 9.24. The highest BCUT2D eigenvalue weighted by Gasteiger charge is 2.51. The fraction of sp³-hybridized carbons (Fsp3) is 0.345. The van der Waals surface area contributed by atoms with E-state index in [-0.39, 0.29) is 24.2 Å². The molecule has 6 rings (SSSR count). The fourth-order valence-corrected chi connectivity index (χ4v) is 6.12. The minimum absolute atomic E-state index is 0.0152. The molecule has 8 heteroatoms. The lowest BCUT2D eigenvalue weighted by atomic mass is 9.79. The van der Waals surface area contributed by atoms with Crippen molar-refractivity contribution in [2.24, 2.45) is 5.92 Å². The van der Waals surface area contributed by atoms with Gasteiger partial charge in [-0.1, -0.05) is 31.0 Å². The Labute approximate surface area is 216 Å². The molecule has 2 aliphatic carbocycles. The topological polar surface area (TPSA) is 111 Å². The molecule has 1 aliphatic heterocycles. The van der Waals surface area contributed by atoms with Crippen LogP contribution in [0.5, 0.6) is 0 Å². The van der Waals surface area contributed by atoms with Crippen molar-refractivity contribution in [3.05, 3.63) is 83.3 Å². The lowest BCUT2D eigenvalue weighted by molar-refractivity contribution is -0.120. The van der Waals surface area contributed by atoms with Crippen molar-refractivity contribution in [3.8, 4) is 0 Å². The number of benzene rings is 1. The van der Waals surface area contributed by atoms with Crippen LogP contribution in [0.25, 0.3) is 0 Å². The quantitative estimate of drug-likeness (QED) is 0.355. The molecule has 0 radical (unpaired) electrons. The van der Waals surface area contributed by atoms with Crippen molar-refractivity contribution in [2.75, 3.05) is 23.7 Å². The first-order chi connectivity index (χ1) is 18.0. The number of amides is 2. The monoisotopic (exact) mass is 494 g/mol. The summed E-state index contributed by atoms with van der Waals surface area (Å²) < 4.78 is 0. The number of fused-ring (bicyclic) bond motifs is 3. The van der Waals surface area contributed by atoms with Crippen LogP contribution in [0.3, 0.4) is 0 Å². The van der Waals surface area contributed by atoms with Crippen LogP contribution in [0.15, 0.2) is 60.9 Å². The van der Waals surface area contributed by atoms with Gasteiger partial charge in [-0.05, 0) is 73.1 Å². The van der Waals surface area contributed by atoms with Crippen LogP contribution in [0.2, 0.25) is 0 Å². The first-order valence-electron chi connectivity index (χ1n) is 13.0. The SMILES string of the molecule is N=C(c1ccccn1)N(CC(=O)Nc1ccc2c(c1)CC1(C2)C(=O)Nc2ncccc21)CC1CCCC1. The third kappa shape index (κ3) is 4.37. The van der Waals surface area contributed by atoms with E-state index in [9.17, 15) is 9.59 Å². The van der Waals surface area contributed by atoms with Gasteiger partial charge in [0.15, 0.2) is 0 Å². The van der Waals surface area contributed by atoms with Crippen molar-refractivity contribution in [3.63, 3.8) is 0 Å². The number of hydrogen-bond acceptors (Lipinski definition) is 5. The summed E-state index contributed by atoms with van der Waals surface area (Å²) in [4.78, 5) is 36.6. The highest BCUT2D eigenvalue weighted by molar-refractivity contribution is 6.06. The van der Waals surface area contributed by atoms with E-state index in [1.54, 1.807) is 12.4 Å². The Balaban J connectivity index is 1.17. The average Bonchev–Trinajstić information content (AvgIpc) is 3.62. The Morgan fingerprint density at radius 2 is 1.86 bits per heavy atom. The van der Waals surface area contributed by atoms with Crippen molar-refractivity contribution in [1.29, 1.82) is 5.41 Å². The van der Waals surface area contributed by atoms with E-state index >= 15 is 0 Å². The van der Waals surface area contributed by atoms with Gasteiger partial charge < -0.3 is 15.5 Å². The van der Waals surface area contributed by atoms with Gasteiger partial charge in [0, 0.05) is 30.2 Å². The van der Waals surface area contributed by atoms with Gasteiger partial charge in [-0.3, -0.25) is 20.0 Å². The number of rotatable bonds is 6. The predicted molar refractivity (Wildman–Crippen MR) is 142 cm³/mol. The van der Waals surface area contributed by atoms with Crippen molar-refractivity contribution < 1.29 is 9.59 Å². The molecule has 3 heterocycles. The van der Waals surface area contributed by atoms with E-state index in [0.29, 0.717) is 42.5 Å². The zero-order valence-corrected chi connectivity index (χ0v) is 20.7. The zero-order valence-electron chi connectivity index (χ0n) is 20.7. The molecule has 1 unspecified atom stereocenters. The fourth-order valence-electron chi connectivity index (χ4n) is 6.12. The summed E-state index contributed by atoms with van der Waals surface area (Å²) in [5, 5.41) is 14.7. The van der Waals surface area contributed by atoms with E-state index in [1.165, 1.54) is 12.8 Å². The second-order valence-corrected chi connectivity index (χ2v) is 10.4. The van der Waals surface area contributed by atoms with Crippen LogP contribution < -0.4 is 10.6 Å². The normalized spacial score (nSPS) is 19.9. The molecule has 37 heavy (non-hydrogen) atoms. The molecule has 3 N–H and O–H groups in total. The second-order valence-electron chi connectivity index (χ2n) is 10.4. The number of nitrogens with zero attached hydrogens (tertiary/aromatic N) is 3. The maximum Gasteiger partial charge on any atom is 0.243 e. The Morgan fingerprint density at radius 1 is 1.05 bits per heavy atom. The largest absolute Gasteiger partial charge is 0.346 e. The molecule has 1 fully saturated rings. The maximum atomic E-state index is 13.2. The van der Waals surface area contributed by atoms with Gasteiger partial charge in [-0.2, -0.15) is 0 Å². The molecule has 1 saturated carbocycles. The Kier molecular flexibility index (Phi) is 5.94. The van der Waals surface area contributed by atoms with Gasteiger partial charge in [0.25, 0.3) is 0 Å². The summed E-state index contributed by atoms with van der Waals surface area (Å²) in [7, 11) is 0.